The van der Waals surface area contributed by atoms with Gasteiger partial charge >= 0.3 is 15.6 Å². The normalized spacial score (nSPS) is 12.5. The molecule has 0 amide bonds. The molecule has 0 aliphatic rings. The number of methoxy groups -OCH3 is 2. The molecular weight excluding hydrogens is 739 g/mol. The van der Waals surface area contributed by atoms with Crippen LogP contribution in [-0.4, -0.2) is 43.0 Å². The minimum absolute atomic E-state index is 0. The SMILES string of the molecule is COc1cc(OC)c(-c2c(C(C)C)cc(C(C)C)cc2C(C)C)c(P(C(C)(C)C)C(C)(C)C)c1.O=S(=O)(O)C(F)(F)F.[CH2-]/C=C\C.[Pd]. The third-order valence-electron chi connectivity index (χ3n) is 7.00. The summed E-state index contributed by atoms with van der Waals surface area (Å²) in [5, 5.41) is 1.62. The fraction of sp³-hybridized carbons (Fsp3) is 0.583. The van der Waals surface area contributed by atoms with Gasteiger partial charge in [-0.2, -0.15) is 21.6 Å². The zero-order valence-corrected chi connectivity index (χ0v) is 34.1. The van der Waals surface area contributed by atoms with E-state index in [1.807, 2.05) is 13.0 Å². The summed E-state index contributed by atoms with van der Waals surface area (Å²) in [7, 11) is -2.86. The van der Waals surface area contributed by atoms with Crippen LogP contribution < -0.4 is 14.8 Å². The molecule has 0 unspecified atom stereocenters. The number of hydrogen-bond acceptors (Lipinski definition) is 4. The van der Waals surface area contributed by atoms with Crippen LogP contribution in [0.1, 0.15) is 124 Å². The smallest absolute Gasteiger partial charge is 0.497 e. The first-order chi connectivity index (χ1) is 20.7. The van der Waals surface area contributed by atoms with Gasteiger partial charge in [-0.05, 0) is 61.7 Å². The Kier molecular flexibility index (Phi) is 19.2. The van der Waals surface area contributed by atoms with E-state index in [1.165, 1.54) is 33.1 Å². The first kappa shape index (κ1) is 47.6. The Bertz CT molecular complexity index is 1360. The number of alkyl halides is 3. The Morgan fingerprint density at radius 2 is 1.17 bits per heavy atom. The molecule has 0 aromatic heterocycles. The van der Waals surface area contributed by atoms with E-state index in [4.69, 9.17) is 22.4 Å². The predicted molar refractivity (Wildman–Crippen MR) is 191 cm³/mol. The molecule has 2 aromatic rings. The quantitative estimate of drug-likeness (QED) is 0.0993. The molecule has 0 spiro atoms. The molecule has 11 heteroatoms. The number of hydrogen-bond donors (Lipinski definition) is 1. The van der Waals surface area contributed by atoms with Crippen molar-refractivity contribution in [3.8, 4) is 22.6 Å². The standard InChI is InChI=1S/C31H49O2P.C4H7.CHF3O3S.Pd/c1-19(2)22-15-24(20(3)4)28(25(16-22)21(5)6)29-26(33-14)17-23(32-13)18-27(29)34(30(7,8)9)31(10,11)12;1-3-4-2;2-1(3,4)8(5,6)7;/h15-21H,1-14H3;3-4H,1H2,2H3;(H,5,6,7);/q;-1;;/b;4-3-;;. The van der Waals surface area contributed by atoms with Crippen molar-refractivity contribution < 1.29 is 56.0 Å². The Balaban J connectivity index is 0. The molecule has 0 saturated carbocycles. The van der Waals surface area contributed by atoms with Gasteiger partial charge in [0.05, 0.1) is 14.2 Å². The maximum Gasteiger partial charge on any atom is 0.522 e. The van der Waals surface area contributed by atoms with E-state index in [9.17, 15) is 13.2 Å². The van der Waals surface area contributed by atoms with Gasteiger partial charge in [0.2, 0.25) is 0 Å². The van der Waals surface area contributed by atoms with Crippen molar-refractivity contribution in [2.24, 2.45) is 0 Å². The summed E-state index contributed by atoms with van der Waals surface area (Å²) in [6, 6.07) is 9.26. The van der Waals surface area contributed by atoms with Gasteiger partial charge in [-0.1, -0.05) is 103 Å². The molecule has 0 bridgehead atoms. The maximum absolute atomic E-state index is 10.7. The van der Waals surface area contributed by atoms with Crippen LogP contribution in [0.25, 0.3) is 11.1 Å². The second kappa shape index (κ2) is 19.0. The summed E-state index contributed by atoms with van der Waals surface area (Å²) in [6.45, 7) is 33.5. The Morgan fingerprint density at radius 3 is 1.40 bits per heavy atom. The second-order valence-electron chi connectivity index (χ2n) is 13.9. The summed E-state index contributed by atoms with van der Waals surface area (Å²) in [5.74, 6) is 3.08. The Hall–Kier alpha value is -1.56. The van der Waals surface area contributed by atoms with Crippen LogP contribution in [0.5, 0.6) is 11.5 Å². The number of allylic oxidation sites excluding steroid dienone is 2. The maximum atomic E-state index is 10.7. The molecule has 2 aromatic carbocycles. The van der Waals surface area contributed by atoms with E-state index in [1.54, 1.807) is 20.3 Å². The fourth-order valence-electron chi connectivity index (χ4n) is 5.26. The van der Waals surface area contributed by atoms with Crippen LogP contribution in [0.4, 0.5) is 13.2 Å². The molecule has 0 heterocycles. The first-order valence-corrected chi connectivity index (χ1v) is 18.2. The average Bonchev–Trinajstić information content (AvgIpc) is 2.89. The van der Waals surface area contributed by atoms with Gasteiger partial charge in [0.1, 0.15) is 11.5 Å². The van der Waals surface area contributed by atoms with Crippen LogP contribution in [0.15, 0.2) is 36.4 Å². The molecule has 0 fully saturated rings. The number of benzene rings is 2. The van der Waals surface area contributed by atoms with E-state index in [0.29, 0.717) is 17.8 Å². The predicted octanol–water partition coefficient (Wildman–Crippen LogP) is 11.2. The van der Waals surface area contributed by atoms with E-state index < -0.39 is 23.5 Å². The van der Waals surface area contributed by atoms with Gasteiger partial charge in [0, 0.05) is 32.1 Å². The largest absolute Gasteiger partial charge is 0.522 e. The van der Waals surface area contributed by atoms with Crippen LogP contribution in [-0.2, 0) is 30.5 Å². The van der Waals surface area contributed by atoms with Gasteiger partial charge in [-0.3, -0.25) is 4.55 Å². The van der Waals surface area contributed by atoms with E-state index in [2.05, 4.69) is 114 Å². The van der Waals surface area contributed by atoms with Crippen molar-refractivity contribution >= 4 is 23.3 Å². The summed E-state index contributed by atoms with van der Waals surface area (Å²) in [4.78, 5) is 0. The van der Waals surface area contributed by atoms with Gasteiger partial charge in [0.25, 0.3) is 0 Å². The average molecular weight is 796 g/mol. The molecule has 0 atom stereocenters. The van der Waals surface area contributed by atoms with Gasteiger partial charge in [-0.15, -0.1) is 6.92 Å². The Morgan fingerprint density at radius 1 is 0.787 bits per heavy atom. The van der Waals surface area contributed by atoms with Crippen LogP contribution in [0.3, 0.4) is 0 Å². The van der Waals surface area contributed by atoms with E-state index in [0.717, 1.165) is 11.5 Å². The van der Waals surface area contributed by atoms with Crippen molar-refractivity contribution in [1.82, 2.24) is 0 Å². The minimum atomic E-state index is -5.84. The zero-order valence-electron chi connectivity index (χ0n) is 30.8. The van der Waals surface area contributed by atoms with Crippen molar-refractivity contribution in [3.63, 3.8) is 0 Å². The van der Waals surface area contributed by atoms with Crippen molar-refractivity contribution in [2.45, 2.75) is 124 Å². The van der Waals surface area contributed by atoms with Crippen molar-refractivity contribution in [2.75, 3.05) is 14.2 Å². The molecule has 47 heavy (non-hydrogen) atoms. The molecule has 274 valence electrons. The minimum Gasteiger partial charge on any atom is -0.497 e. The summed E-state index contributed by atoms with van der Waals surface area (Å²) in [5.41, 5.74) is 1.34. The number of ether oxygens (including phenoxy) is 2. The van der Waals surface area contributed by atoms with Crippen molar-refractivity contribution in [3.05, 3.63) is 60.0 Å². The molecule has 1 N–H and O–H groups in total. The van der Waals surface area contributed by atoms with Crippen LogP contribution in [0.2, 0.25) is 0 Å². The van der Waals surface area contributed by atoms with Crippen molar-refractivity contribution in [1.29, 1.82) is 0 Å². The molecule has 5 nitrogen and oxygen atoms in total. The van der Waals surface area contributed by atoms with Crippen LogP contribution in [0, 0.1) is 6.92 Å². The number of rotatable bonds is 7. The summed E-state index contributed by atoms with van der Waals surface area (Å²) >= 11 is 0. The molecule has 0 aliphatic heterocycles. The summed E-state index contributed by atoms with van der Waals surface area (Å²) in [6.07, 6.45) is 3.64. The third-order valence-corrected chi connectivity index (χ3v) is 11.1. The second-order valence-corrected chi connectivity index (χ2v) is 19.2. The van der Waals surface area contributed by atoms with Crippen LogP contribution >= 0.6 is 7.92 Å². The molecule has 0 saturated heterocycles. The third kappa shape index (κ3) is 13.7. The van der Waals surface area contributed by atoms with Gasteiger partial charge < -0.3 is 9.47 Å². The molecule has 0 radical (unpaired) electrons. The molecular formula is C36H57F3O5PPdS-. The van der Waals surface area contributed by atoms with Gasteiger partial charge in [0.15, 0.2) is 0 Å². The molecule has 0 aliphatic carbocycles. The van der Waals surface area contributed by atoms with E-state index >= 15 is 0 Å². The first-order valence-electron chi connectivity index (χ1n) is 15.4. The Labute approximate surface area is 298 Å². The molecule has 2 rings (SSSR count). The van der Waals surface area contributed by atoms with E-state index in [-0.39, 0.29) is 30.7 Å². The summed E-state index contributed by atoms with van der Waals surface area (Å²) < 4.78 is 69.5. The monoisotopic (exact) mass is 795 g/mol. The fourth-order valence-corrected chi connectivity index (χ4v) is 9.42. The topological polar surface area (TPSA) is 72.8 Å². The zero-order chi connectivity index (χ0) is 36.6. The number of halogens is 3. The van der Waals surface area contributed by atoms with Gasteiger partial charge in [-0.25, -0.2) is 19.1 Å².